The lowest BCUT2D eigenvalue weighted by atomic mass is 9.83. The van der Waals surface area contributed by atoms with Crippen LogP contribution in [0.15, 0.2) is 0 Å². The Morgan fingerprint density at radius 3 is 2.12 bits per heavy atom. The first-order chi connectivity index (χ1) is 7.42. The van der Waals surface area contributed by atoms with Gasteiger partial charge >= 0.3 is 0 Å². The average Bonchev–Trinajstić information content (AvgIpc) is 2.16. The van der Waals surface area contributed by atoms with E-state index in [2.05, 4.69) is 32.7 Å². The van der Waals surface area contributed by atoms with Gasteiger partial charge in [-0.1, -0.05) is 19.8 Å². The molecule has 0 bridgehead atoms. The molecule has 0 unspecified atom stereocenters. The van der Waals surface area contributed by atoms with Crippen molar-refractivity contribution in [1.82, 2.24) is 4.90 Å². The van der Waals surface area contributed by atoms with Gasteiger partial charge < -0.3 is 10.6 Å². The van der Waals surface area contributed by atoms with E-state index in [4.69, 9.17) is 5.73 Å². The Labute approximate surface area is 114 Å². The fraction of sp³-hybridized carbons (Fsp3) is 1.00. The van der Waals surface area contributed by atoms with E-state index < -0.39 is 0 Å². The van der Waals surface area contributed by atoms with E-state index in [1.165, 1.54) is 38.5 Å². The molecule has 0 aliphatic heterocycles. The van der Waals surface area contributed by atoms with Crippen molar-refractivity contribution in [3.63, 3.8) is 0 Å². The van der Waals surface area contributed by atoms with Crippen LogP contribution >= 0.6 is 12.4 Å². The van der Waals surface area contributed by atoms with E-state index in [1.54, 1.807) is 0 Å². The molecule has 17 heavy (non-hydrogen) atoms. The number of nitrogens with two attached hydrogens (primary N) is 1. The van der Waals surface area contributed by atoms with Crippen molar-refractivity contribution in [1.29, 1.82) is 0 Å². The number of rotatable bonds is 5. The minimum absolute atomic E-state index is 0. The summed E-state index contributed by atoms with van der Waals surface area (Å²) in [7, 11) is 2.24. The smallest absolute Gasteiger partial charge is 0.0226 e. The molecule has 2 N–H and O–H groups in total. The molecule has 0 radical (unpaired) electrons. The second-order valence-electron chi connectivity index (χ2n) is 6.37. The summed E-state index contributed by atoms with van der Waals surface area (Å²) in [5.41, 5.74) is 6.02. The maximum absolute atomic E-state index is 6.08. The third-order valence-electron chi connectivity index (χ3n) is 3.79. The minimum Gasteiger partial charge on any atom is -0.324 e. The van der Waals surface area contributed by atoms with Crippen molar-refractivity contribution in [2.45, 2.75) is 70.9 Å². The van der Waals surface area contributed by atoms with E-state index in [1.807, 2.05) is 0 Å². The fourth-order valence-corrected chi connectivity index (χ4v) is 3.05. The highest BCUT2D eigenvalue weighted by molar-refractivity contribution is 5.85. The Morgan fingerprint density at radius 2 is 1.71 bits per heavy atom. The van der Waals surface area contributed by atoms with Crippen LogP contribution in [-0.2, 0) is 0 Å². The molecule has 3 heteroatoms. The van der Waals surface area contributed by atoms with Gasteiger partial charge in [0.15, 0.2) is 0 Å². The van der Waals surface area contributed by atoms with Gasteiger partial charge in [-0.2, -0.15) is 0 Å². The predicted octanol–water partition coefficient (Wildman–Crippen LogP) is 3.44. The summed E-state index contributed by atoms with van der Waals surface area (Å²) in [5, 5.41) is 0. The van der Waals surface area contributed by atoms with Gasteiger partial charge in [0.25, 0.3) is 0 Å². The van der Waals surface area contributed by atoms with Gasteiger partial charge in [0.1, 0.15) is 0 Å². The van der Waals surface area contributed by atoms with Crippen LogP contribution in [0.1, 0.15) is 59.3 Å². The SMILES string of the molecule is CCCC1CCC(N(C)CC(C)(C)N)CC1.Cl. The molecule has 0 heterocycles. The predicted molar refractivity (Wildman–Crippen MR) is 78.8 cm³/mol. The lowest BCUT2D eigenvalue weighted by Crippen LogP contribution is -2.48. The van der Waals surface area contributed by atoms with Crippen molar-refractivity contribution in [3.05, 3.63) is 0 Å². The summed E-state index contributed by atoms with van der Waals surface area (Å²) in [5.74, 6) is 1.00. The Hall–Kier alpha value is 0.210. The molecule has 1 fully saturated rings. The molecule has 0 atom stereocenters. The zero-order valence-electron chi connectivity index (χ0n) is 12.0. The molecule has 0 saturated heterocycles. The van der Waals surface area contributed by atoms with Crippen LogP contribution in [0.3, 0.4) is 0 Å². The summed E-state index contributed by atoms with van der Waals surface area (Å²) in [6, 6.07) is 0.774. The monoisotopic (exact) mass is 262 g/mol. The maximum Gasteiger partial charge on any atom is 0.0226 e. The Bertz CT molecular complexity index is 193. The van der Waals surface area contributed by atoms with Crippen molar-refractivity contribution in [2.75, 3.05) is 13.6 Å². The topological polar surface area (TPSA) is 29.3 Å². The van der Waals surface area contributed by atoms with Crippen LogP contribution in [0.4, 0.5) is 0 Å². The molecule has 2 nitrogen and oxygen atoms in total. The number of nitrogens with zero attached hydrogens (tertiary/aromatic N) is 1. The van der Waals surface area contributed by atoms with Gasteiger partial charge in [0, 0.05) is 18.1 Å². The largest absolute Gasteiger partial charge is 0.324 e. The summed E-state index contributed by atoms with van der Waals surface area (Å²) in [6.07, 6.45) is 8.37. The standard InChI is InChI=1S/C14H30N2.ClH/c1-5-6-12-7-9-13(10-8-12)16(4)11-14(2,3)15;/h12-13H,5-11,15H2,1-4H3;1H. The van der Waals surface area contributed by atoms with Crippen molar-refractivity contribution in [3.8, 4) is 0 Å². The zero-order valence-corrected chi connectivity index (χ0v) is 12.9. The van der Waals surface area contributed by atoms with Crippen molar-refractivity contribution >= 4 is 12.4 Å². The molecule has 0 aromatic carbocycles. The highest BCUT2D eigenvalue weighted by atomic mass is 35.5. The average molecular weight is 263 g/mol. The fourth-order valence-electron chi connectivity index (χ4n) is 3.05. The van der Waals surface area contributed by atoms with E-state index >= 15 is 0 Å². The second-order valence-corrected chi connectivity index (χ2v) is 6.37. The van der Waals surface area contributed by atoms with Crippen LogP contribution in [0.25, 0.3) is 0 Å². The lowest BCUT2D eigenvalue weighted by molar-refractivity contribution is 0.141. The third-order valence-corrected chi connectivity index (χ3v) is 3.79. The van der Waals surface area contributed by atoms with E-state index in [9.17, 15) is 0 Å². The first-order valence-corrected chi connectivity index (χ1v) is 6.91. The molecular formula is C14H31ClN2. The van der Waals surface area contributed by atoms with E-state index in [0.717, 1.165) is 18.5 Å². The second kappa shape index (κ2) is 7.60. The minimum atomic E-state index is -0.0605. The van der Waals surface area contributed by atoms with Gasteiger partial charge in [-0.25, -0.2) is 0 Å². The molecule has 1 rings (SSSR count). The molecule has 104 valence electrons. The number of halogens is 1. The van der Waals surface area contributed by atoms with E-state index in [0.29, 0.717) is 0 Å². The first-order valence-electron chi connectivity index (χ1n) is 6.91. The molecule has 1 saturated carbocycles. The normalized spacial score (nSPS) is 25.8. The molecule has 0 spiro atoms. The van der Waals surface area contributed by atoms with Crippen LogP contribution in [0.2, 0.25) is 0 Å². The Balaban J connectivity index is 0.00000256. The Morgan fingerprint density at radius 1 is 1.18 bits per heavy atom. The molecule has 1 aliphatic rings. The van der Waals surface area contributed by atoms with Gasteiger partial charge in [-0.15, -0.1) is 12.4 Å². The molecule has 0 amide bonds. The summed E-state index contributed by atoms with van der Waals surface area (Å²) >= 11 is 0. The molecule has 0 aromatic heterocycles. The number of likely N-dealkylation sites (N-methyl/N-ethyl adjacent to an activating group) is 1. The van der Waals surface area contributed by atoms with Gasteiger partial charge in [-0.3, -0.25) is 0 Å². The highest BCUT2D eigenvalue weighted by Crippen LogP contribution is 2.30. The number of hydrogen-bond acceptors (Lipinski definition) is 2. The summed E-state index contributed by atoms with van der Waals surface area (Å²) in [4.78, 5) is 2.47. The van der Waals surface area contributed by atoms with Gasteiger partial charge in [0.2, 0.25) is 0 Å². The van der Waals surface area contributed by atoms with Crippen LogP contribution in [0, 0.1) is 5.92 Å². The Kier molecular flexibility index (Phi) is 7.70. The number of hydrogen-bond donors (Lipinski definition) is 1. The highest BCUT2D eigenvalue weighted by Gasteiger charge is 2.25. The van der Waals surface area contributed by atoms with E-state index in [-0.39, 0.29) is 17.9 Å². The quantitative estimate of drug-likeness (QED) is 0.823. The van der Waals surface area contributed by atoms with Crippen molar-refractivity contribution in [2.24, 2.45) is 11.7 Å². The van der Waals surface area contributed by atoms with Crippen LogP contribution in [-0.4, -0.2) is 30.1 Å². The van der Waals surface area contributed by atoms with Crippen LogP contribution < -0.4 is 5.73 Å². The maximum atomic E-state index is 6.08. The van der Waals surface area contributed by atoms with Crippen LogP contribution in [0.5, 0.6) is 0 Å². The summed E-state index contributed by atoms with van der Waals surface area (Å²) in [6.45, 7) is 7.55. The van der Waals surface area contributed by atoms with Gasteiger partial charge in [0.05, 0.1) is 0 Å². The van der Waals surface area contributed by atoms with Gasteiger partial charge in [-0.05, 0) is 52.5 Å². The first kappa shape index (κ1) is 17.2. The lowest BCUT2D eigenvalue weighted by Gasteiger charge is -2.37. The van der Waals surface area contributed by atoms with Crippen molar-refractivity contribution < 1.29 is 0 Å². The molecule has 0 aromatic rings. The molecule has 1 aliphatic carbocycles. The molecular weight excluding hydrogens is 232 g/mol. The summed E-state index contributed by atoms with van der Waals surface area (Å²) < 4.78 is 0. The third kappa shape index (κ3) is 6.64. The zero-order chi connectivity index (χ0) is 12.2.